The number of hydrogen-bond acceptors (Lipinski definition) is 4. The summed E-state index contributed by atoms with van der Waals surface area (Å²) in [5.74, 6) is 0. The normalized spacial score (nSPS) is 11.2. The maximum Gasteiger partial charge on any atom is 0.263 e. The third-order valence-corrected chi connectivity index (χ3v) is 2.64. The first kappa shape index (κ1) is 9.31. The van der Waals surface area contributed by atoms with Crippen molar-refractivity contribution in [2.24, 2.45) is 0 Å². The maximum absolute atomic E-state index is 10.8. The fourth-order valence-electron chi connectivity index (χ4n) is 0.764. The van der Waals surface area contributed by atoms with E-state index in [-0.39, 0.29) is 10.6 Å². The van der Waals surface area contributed by atoms with E-state index in [1.807, 2.05) is 0 Å². The van der Waals surface area contributed by atoms with Gasteiger partial charge in [0.15, 0.2) is 0 Å². The molecule has 4 nitrogen and oxygen atoms in total. The number of halogens is 1. The Morgan fingerprint density at radius 2 is 1.92 bits per heavy atom. The number of hydrogen-bond donors (Lipinski definition) is 1. The maximum atomic E-state index is 10.8. The molecule has 0 fully saturated rings. The summed E-state index contributed by atoms with van der Waals surface area (Å²) in [6, 6.07) is 5.60. The summed E-state index contributed by atoms with van der Waals surface area (Å²) in [6.45, 7) is 0. The monoisotopic (exact) mass is 206 g/mol. The molecule has 1 aromatic rings. The second-order valence-corrected chi connectivity index (χ2v) is 4.57. The van der Waals surface area contributed by atoms with Gasteiger partial charge in [-0.3, -0.25) is 0 Å². The fraction of sp³-hybridized carbons (Fsp3) is 0. The zero-order chi connectivity index (χ0) is 9.19. The van der Waals surface area contributed by atoms with Crippen LogP contribution in [-0.4, -0.2) is 8.42 Å². The number of nitrogens with one attached hydrogen (secondary N) is 1. The molecular weight excluding hydrogens is 202 g/mol. The van der Waals surface area contributed by atoms with Gasteiger partial charge in [0, 0.05) is 16.4 Å². The zero-order valence-electron chi connectivity index (χ0n) is 5.82. The van der Waals surface area contributed by atoms with Crippen LogP contribution in [-0.2, 0) is 9.05 Å². The molecule has 0 unspecified atom stereocenters. The predicted molar refractivity (Wildman–Crippen MR) is 46.5 cm³/mol. The molecule has 66 valence electrons. The average Bonchev–Trinajstić information content (AvgIpc) is 2.03. The molecule has 0 radical (unpaired) electrons. The number of para-hydroxylation sites is 1. The third kappa shape index (κ3) is 1.88. The lowest BCUT2D eigenvalue weighted by molar-refractivity contribution is 0.610. The van der Waals surface area contributed by atoms with Crippen molar-refractivity contribution in [3.63, 3.8) is 0 Å². The van der Waals surface area contributed by atoms with Gasteiger partial charge in [0.2, 0.25) is 0 Å². The van der Waals surface area contributed by atoms with Crippen molar-refractivity contribution in [1.82, 2.24) is 0 Å². The number of rotatable bonds is 2. The fourth-order valence-corrected chi connectivity index (χ4v) is 1.78. The molecule has 0 aromatic heterocycles. The quantitative estimate of drug-likeness (QED) is 0.589. The van der Waals surface area contributed by atoms with Gasteiger partial charge in [-0.15, -0.1) is 0 Å². The second kappa shape index (κ2) is 3.30. The molecule has 0 bridgehead atoms. The van der Waals surface area contributed by atoms with Crippen LogP contribution >= 0.6 is 10.7 Å². The first-order valence-corrected chi connectivity index (χ1v) is 5.28. The van der Waals surface area contributed by atoms with Gasteiger partial charge in [-0.25, -0.2) is 8.42 Å². The summed E-state index contributed by atoms with van der Waals surface area (Å²) < 4.78 is 21.6. The van der Waals surface area contributed by atoms with Crippen molar-refractivity contribution >= 4 is 25.4 Å². The summed E-state index contributed by atoms with van der Waals surface area (Å²) in [4.78, 5) is -0.207. The molecule has 1 aromatic carbocycles. The van der Waals surface area contributed by atoms with Gasteiger partial charge in [-0.05, 0) is 12.1 Å². The minimum Gasteiger partial charge on any atom is -0.761 e. The van der Waals surface area contributed by atoms with E-state index in [9.17, 15) is 13.6 Å². The van der Waals surface area contributed by atoms with Crippen molar-refractivity contribution in [1.29, 1.82) is 0 Å². The lowest BCUT2D eigenvalue weighted by Gasteiger charge is -2.11. The molecule has 0 spiro atoms. The summed E-state index contributed by atoms with van der Waals surface area (Å²) in [5.41, 5.74) is 1.44. The van der Waals surface area contributed by atoms with Crippen LogP contribution in [0.2, 0.25) is 0 Å². The molecule has 6 heteroatoms. The topological polar surface area (TPSA) is 69.2 Å². The van der Waals surface area contributed by atoms with E-state index in [0.717, 1.165) is 0 Å². The van der Waals surface area contributed by atoms with Gasteiger partial charge >= 0.3 is 0 Å². The average molecular weight is 207 g/mol. The molecule has 1 N–H and O–H groups in total. The predicted octanol–water partition coefficient (Wildman–Crippen LogP) is 1.52. The minimum absolute atomic E-state index is 0.0486. The Balaban J connectivity index is 3.33. The van der Waals surface area contributed by atoms with Crippen LogP contribution in [0.1, 0.15) is 0 Å². The number of anilines is 1. The molecule has 1 rings (SSSR count). The highest BCUT2D eigenvalue weighted by Gasteiger charge is 2.12. The Bertz CT molecular complexity index is 376. The van der Waals surface area contributed by atoms with Crippen LogP contribution in [0.5, 0.6) is 0 Å². The molecule has 0 atom stereocenters. The van der Waals surface area contributed by atoms with Gasteiger partial charge in [0.25, 0.3) is 9.05 Å². The van der Waals surface area contributed by atoms with Crippen molar-refractivity contribution in [2.45, 2.75) is 4.90 Å². The molecule has 0 aliphatic carbocycles. The molecular formula is C6H5ClNO3S-. The summed E-state index contributed by atoms with van der Waals surface area (Å²) in [6.07, 6.45) is 0. The number of benzene rings is 1. The molecule has 12 heavy (non-hydrogen) atoms. The van der Waals surface area contributed by atoms with Gasteiger partial charge in [0.1, 0.15) is 4.90 Å². The Morgan fingerprint density at radius 3 is 2.33 bits per heavy atom. The summed E-state index contributed by atoms with van der Waals surface area (Å²) in [5, 5.41) is 10.2. The standard InChI is InChI=1S/C6H5ClNO3S/c7-12(10,11)6-4-2-1-3-5(6)8-9/h1-4,8H/q-1. The first-order chi connectivity index (χ1) is 5.55. The summed E-state index contributed by atoms with van der Waals surface area (Å²) >= 11 is 0. The van der Waals surface area contributed by atoms with Gasteiger partial charge < -0.3 is 10.7 Å². The molecule has 0 amide bonds. The van der Waals surface area contributed by atoms with Gasteiger partial charge in [-0.1, -0.05) is 12.1 Å². The molecule has 0 aliphatic heterocycles. The highest BCUT2D eigenvalue weighted by atomic mass is 35.7. The highest BCUT2D eigenvalue weighted by Crippen LogP contribution is 2.23. The van der Waals surface area contributed by atoms with Crippen LogP contribution in [0.4, 0.5) is 5.69 Å². The zero-order valence-corrected chi connectivity index (χ0v) is 7.39. The van der Waals surface area contributed by atoms with E-state index < -0.39 is 9.05 Å². The van der Waals surface area contributed by atoms with Gasteiger partial charge in [0.05, 0.1) is 0 Å². The third-order valence-electron chi connectivity index (χ3n) is 1.26. The van der Waals surface area contributed by atoms with Gasteiger partial charge in [-0.2, -0.15) is 0 Å². The molecule has 0 aliphatic rings. The SMILES string of the molecule is O=S(=O)(Cl)c1ccccc1N[O-]. The molecule has 0 saturated carbocycles. The van der Waals surface area contributed by atoms with E-state index in [0.29, 0.717) is 0 Å². The summed E-state index contributed by atoms with van der Waals surface area (Å²) in [7, 11) is 1.20. The van der Waals surface area contributed by atoms with Crippen molar-refractivity contribution in [2.75, 3.05) is 5.48 Å². The van der Waals surface area contributed by atoms with Crippen LogP contribution < -0.4 is 5.48 Å². The van der Waals surface area contributed by atoms with E-state index in [2.05, 4.69) is 0 Å². The molecule has 0 heterocycles. The van der Waals surface area contributed by atoms with Crippen LogP contribution in [0.15, 0.2) is 29.2 Å². The van der Waals surface area contributed by atoms with Crippen molar-refractivity contribution in [3.05, 3.63) is 29.5 Å². The van der Waals surface area contributed by atoms with Crippen LogP contribution in [0.25, 0.3) is 0 Å². The Hall–Kier alpha value is -0.780. The van der Waals surface area contributed by atoms with Crippen molar-refractivity contribution < 1.29 is 8.42 Å². The second-order valence-electron chi connectivity index (χ2n) is 2.04. The smallest absolute Gasteiger partial charge is 0.263 e. The Morgan fingerprint density at radius 1 is 1.33 bits per heavy atom. The highest BCUT2D eigenvalue weighted by molar-refractivity contribution is 8.13. The largest absolute Gasteiger partial charge is 0.761 e. The lowest BCUT2D eigenvalue weighted by atomic mass is 10.3. The van der Waals surface area contributed by atoms with E-state index in [4.69, 9.17) is 10.7 Å². The van der Waals surface area contributed by atoms with E-state index >= 15 is 0 Å². The Kier molecular flexibility index (Phi) is 2.56. The van der Waals surface area contributed by atoms with E-state index in [1.165, 1.54) is 29.7 Å². The first-order valence-electron chi connectivity index (χ1n) is 2.97. The van der Waals surface area contributed by atoms with Crippen LogP contribution in [0.3, 0.4) is 0 Å². The lowest BCUT2D eigenvalue weighted by Crippen LogP contribution is -1.96. The minimum atomic E-state index is -3.84. The Labute approximate surface area is 74.2 Å². The van der Waals surface area contributed by atoms with E-state index in [1.54, 1.807) is 0 Å². The van der Waals surface area contributed by atoms with Crippen LogP contribution in [0, 0.1) is 5.21 Å². The molecule has 0 saturated heterocycles. The van der Waals surface area contributed by atoms with Crippen molar-refractivity contribution in [3.8, 4) is 0 Å².